The van der Waals surface area contributed by atoms with Crippen molar-refractivity contribution in [1.82, 2.24) is 10.2 Å². The smallest absolute Gasteiger partial charge is 0.317 e. The fourth-order valence-corrected chi connectivity index (χ4v) is 6.16. The van der Waals surface area contributed by atoms with Crippen molar-refractivity contribution in [2.45, 2.75) is 56.7 Å². The van der Waals surface area contributed by atoms with Gasteiger partial charge in [0.1, 0.15) is 0 Å². The molecule has 0 aromatic carbocycles. The van der Waals surface area contributed by atoms with Gasteiger partial charge in [0.2, 0.25) is 0 Å². The fraction of sp³-hybridized carbons (Fsp3) is 0.933. The number of hydrogen-bond acceptors (Lipinski definition) is 3. The predicted molar refractivity (Wildman–Crippen MR) is 81.8 cm³/mol. The van der Waals surface area contributed by atoms with Crippen molar-refractivity contribution in [3.63, 3.8) is 0 Å². The van der Waals surface area contributed by atoms with Gasteiger partial charge in [-0.25, -0.2) is 13.2 Å². The Labute approximate surface area is 127 Å². The molecule has 1 aliphatic carbocycles. The van der Waals surface area contributed by atoms with Gasteiger partial charge in [0, 0.05) is 19.1 Å². The van der Waals surface area contributed by atoms with Crippen molar-refractivity contribution in [1.29, 1.82) is 0 Å². The molecule has 21 heavy (non-hydrogen) atoms. The molecule has 2 saturated heterocycles. The topological polar surface area (TPSA) is 66.5 Å². The first-order valence-corrected chi connectivity index (χ1v) is 9.96. The van der Waals surface area contributed by atoms with Crippen LogP contribution < -0.4 is 5.32 Å². The zero-order valence-electron chi connectivity index (χ0n) is 12.8. The Hall–Kier alpha value is -0.780. The molecule has 4 atom stereocenters. The largest absolute Gasteiger partial charge is 0.337 e. The van der Waals surface area contributed by atoms with Crippen LogP contribution in [0.3, 0.4) is 0 Å². The molecule has 0 aromatic heterocycles. The van der Waals surface area contributed by atoms with Crippen LogP contribution in [0.5, 0.6) is 0 Å². The minimum atomic E-state index is -2.97. The summed E-state index contributed by atoms with van der Waals surface area (Å²) < 4.78 is 23.6. The quantitative estimate of drug-likeness (QED) is 0.845. The number of hydrogen-bond donors (Lipinski definition) is 1. The van der Waals surface area contributed by atoms with Crippen LogP contribution in [0.1, 0.15) is 45.4 Å². The van der Waals surface area contributed by atoms with Gasteiger partial charge in [0.25, 0.3) is 0 Å². The van der Waals surface area contributed by atoms with Gasteiger partial charge in [-0.1, -0.05) is 19.8 Å². The number of urea groups is 1. The zero-order chi connectivity index (χ0) is 15.0. The molecule has 1 N–H and O–H groups in total. The lowest BCUT2D eigenvalue weighted by Gasteiger charge is -2.32. The van der Waals surface area contributed by atoms with E-state index in [-0.39, 0.29) is 23.6 Å². The molecule has 2 heterocycles. The van der Waals surface area contributed by atoms with Gasteiger partial charge in [-0.2, -0.15) is 0 Å². The van der Waals surface area contributed by atoms with Crippen LogP contribution in [0.15, 0.2) is 0 Å². The predicted octanol–water partition coefficient (Wildman–Crippen LogP) is 1.78. The summed E-state index contributed by atoms with van der Waals surface area (Å²) in [4.78, 5) is 14.4. The summed E-state index contributed by atoms with van der Waals surface area (Å²) in [5, 5.41) is 2.51. The van der Waals surface area contributed by atoms with E-state index in [0.29, 0.717) is 24.3 Å². The minimum absolute atomic E-state index is 0.0571. The molecule has 0 radical (unpaired) electrons. The number of sulfone groups is 1. The van der Waals surface area contributed by atoms with Crippen LogP contribution in [0.25, 0.3) is 0 Å². The molecule has 4 unspecified atom stereocenters. The van der Waals surface area contributed by atoms with Crippen LogP contribution in [0.2, 0.25) is 0 Å². The molecular weight excluding hydrogens is 288 g/mol. The van der Waals surface area contributed by atoms with E-state index in [1.807, 2.05) is 4.90 Å². The highest BCUT2D eigenvalue weighted by Gasteiger charge is 2.43. The molecule has 0 bridgehead atoms. The second kappa shape index (κ2) is 5.78. The van der Waals surface area contributed by atoms with E-state index in [1.54, 1.807) is 0 Å². The minimum Gasteiger partial charge on any atom is -0.337 e. The van der Waals surface area contributed by atoms with Gasteiger partial charge in [0.15, 0.2) is 9.84 Å². The molecule has 3 aliphatic rings. The number of amides is 2. The van der Waals surface area contributed by atoms with Gasteiger partial charge in [0.05, 0.1) is 11.0 Å². The molecule has 0 spiro atoms. The summed E-state index contributed by atoms with van der Waals surface area (Å²) in [6.45, 7) is 3.33. The molecule has 3 fully saturated rings. The van der Waals surface area contributed by atoms with Gasteiger partial charge < -0.3 is 10.2 Å². The normalized spacial score (nSPS) is 38.2. The number of carbonyl (C=O) groups excluding carboxylic acids is 1. The molecule has 120 valence electrons. The molecule has 2 amide bonds. The van der Waals surface area contributed by atoms with Crippen molar-refractivity contribution in [2.24, 2.45) is 11.8 Å². The van der Waals surface area contributed by atoms with Crippen molar-refractivity contribution >= 4 is 15.9 Å². The zero-order valence-corrected chi connectivity index (χ0v) is 13.6. The van der Waals surface area contributed by atoms with Crippen molar-refractivity contribution in [3.05, 3.63) is 0 Å². The summed E-state index contributed by atoms with van der Waals surface area (Å²) >= 11 is 0. The number of fused-ring (bicyclic) bond motifs is 1. The highest BCUT2D eigenvalue weighted by molar-refractivity contribution is 7.92. The first-order valence-electron chi connectivity index (χ1n) is 8.25. The number of rotatable bonds is 2. The lowest BCUT2D eigenvalue weighted by atomic mass is 9.80. The Morgan fingerprint density at radius 2 is 1.95 bits per heavy atom. The first-order chi connectivity index (χ1) is 9.99. The molecule has 0 aromatic rings. The van der Waals surface area contributed by atoms with Crippen LogP contribution >= 0.6 is 0 Å². The molecule has 6 heteroatoms. The van der Waals surface area contributed by atoms with Crippen LogP contribution in [-0.4, -0.2) is 49.5 Å². The van der Waals surface area contributed by atoms with Gasteiger partial charge >= 0.3 is 6.03 Å². The van der Waals surface area contributed by atoms with Gasteiger partial charge in [-0.05, 0) is 37.5 Å². The van der Waals surface area contributed by atoms with E-state index in [0.717, 1.165) is 19.4 Å². The maximum atomic E-state index is 12.4. The lowest BCUT2D eigenvalue weighted by molar-refractivity contribution is 0.169. The van der Waals surface area contributed by atoms with E-state index in [4.69, 9.17) is 0 Å². The maximum absolute atomic E-state index is 12.4. The summed E-state index contributed by atoms with van der Waals surface area (Å²) in [7, 11) is -2.97. The third-order valence-corrected chi connectivity index (χ3v) is 7.88. The first kappa shape index (κ1) is 15.1. The third-order valence-electron chi connectivity index (χ3n) is 5.60. The van der Waals surface area contributed by atoms with Gasteiger partial charge in [-0.3, -0.25) is 0 Å². The van der Waals surface area contributed by atoms with E-state index in [1.165, 1.54) is 19.3 Å². The maximum Gasteiger partial charge on any atom is 0.317 e. The molecule has 2 aliphatic heterocycles. The van der Waals surface area contributed by atoms with E-state index in [9.17, 15) is 13.2 Å². The Bertz CT molecular complexity index is 505. The summed E-state index contributed by atoms with van der Waals surface area (Å²) in [5.41, 5.74) is 0. The van der Waals surface area contributed by atoms with Crippen LogP contribution in [0, 0.1) is 11.8 Å². The molecule has 5 nitrogen and oxygen atoms in total. The Kier molecular flexibility index (Phi) is 4.17. The van der Waals surface area contributed by atoms with Gasteiger partial charge in [-0.15, -0.1) is 0 Å². The number of carbonyl (C=O) groups is 1. The number of likely N-dealkylation sites (tertiary alicyclic amines) is 1. The van der Waals surface area contributed by atoms with Crippen LogP contribution in [0.4, 0.5) is 4.79 Å². The van der Waals surface area contributed by atoms with Crippen molar-refractivity contribution in [2.75, 3.05) is 18.8 Å². The Morgan fingerprint density at radius 1 is 1.19 bits per heavy atom. The highest BCUT2D eigenvalue weighted by Crippen LogP contribution is 2.39. The van der Waals surface area contributed by atoms with Crippen molar-refractivity contribution in [3.8, 4) is 0 Å². The van der Waals surface area contributed by atoms with E-state index < -0.39 is 9.84 Å². The van der Waals surface area contributed by atoms with Crippen molar-refractivity contribution < 1.29 is 13.2 Å². The Balaban J connectivity index is 1.58. The summed E-state index contributed by atoms with van der Waals surface area (Å²) in [5.74, 6) is 1.48. The molecule has 3 rings (SSSR count). The highest BCUT2D eigenvalue weighted by atomic mass is 32.2. The summed E-state index contributed by atoms with van der Waals surface area (Å²) in [6, 6.07) is 0.312. The van der Waals surface area contributed by atoms with E-state index >= 15 is 0 Å². The SMILES string of the molecule is CC1CN(C(=O)NCC2CCCS2(=O)=O)C2CCCCC12. The second-order valence-electron chi connectivity index (χ2n) is 6.96. The number of nitrogens with zero attached hydrogens (tertiary/aromatic N) is 1. The lowest BCUT2D eigenvalue weighted by Crippen LogP contribution is -2.47. The standard InChI is InChI=1S/C15H26N2O3S/c1-11-10-17(14-7-3-2-6-13(11)14)15(18)16-9-12-5-4-8-21(12,19)20/h11-14H,2-10H2,1H3,(H,16,18). The average Bonchev–Trinajstić information content (AvgIpc) is 2.97. The number of nitrogens with one attached hydrogen (secondary N) is 1. The monoisotopic (exact) mass is 314 g/mol. The Morgan fingerprint density at radius 3 is 2.67 bits per heavy atom. The fourth-order valence-electron chi connectivity index (χ4n) is 4.40. The average molecular weight is 314 g/mol. The van der Waals surface area contributed by atoms with E-state index in [2.05, 4.69) is 12.2 Å². The third kappa shape index (κ3) is 2.91. The van der Waals surface area contributed by atoms with Crippen LogP contribution in [-0.2, 0) is 9.84 Å². The second-order valence-corrected chi connectivity index (χ2v) is 9.36. The molecule has 1 saturated carbocycles. The summed E-state index contributed by atoms with van der Waals surface area (Å²) in [6.07, 6.45) is 6.23. The molecular formula is C15H26N2O3S.